The number of halogens is 1. The number of carbonyl (C=O) groups excluding carboxylic acids is 1. The molecule has 1 heterocycles. The molecule has 2 rings (SSSR count). The molecule has 2 aromatic rings. The van der Waals surface area contributed by atoms with Crippen molar-refractivity contribution < 1.29 is 13.9 Å². The number of hydrogen-bond acceptors (Lipinski definition) is 3. The van der Waals surface area contributed by atoms with Crippen LogP contribution in [-0.2, 0) is 4.79 Å². The van der Waals surface area contributed by atoms with Crippen LogP contribution in [0.15, 0.2) is 29.1 Å². The Morgan fingerprint density at radius 2 is 2.19 bits per heavy atom. The third kappa shape index (κ3) is 1.79. The van der Waals surface area contributed by atoms with E-state index < -0.39 is 17.2 Å². The molecule has 0 unspecified atom stereocenters. The molecule has 0 aliphatic carbocycles. The molecule has 0 fully saturated rings. The topological polar surface area (TPSA) is 59.2 Å². The minimum absolute atomic E-state index is 0.0336. The van der Waals surface area contributed by atoms with Gasteiger partial charge in [0.1, 0.15) is 5.82 Å². The summed E-state index contributed by atoms with van der Waals surface area (Å²) >= 11 is 0. The molecule has 0 saturated heterocycles. The first-order valence-corrected chi connectivity index (χ1v) is 4.58. The van der Waals surface area contributed by atoms with E-state index in [2.05, 4.69) is 4.98 Å². The van der Waals surface area contributed by atoms with Crippen LogP contribution in [0.25, 0.3) is 10.9 Å². The van der Waals surface area contributed by atoms with Crippen LogP contribution in [0.1, 0.15) is 6.92 Å². The molecule has 0 amide bonds. The van der Waals surface area contributed by atoms with Gasteiger partial charge >= 0.3 is 5.97 Å². The first kappa shape index (κ1) is 10.4. The summed E-state index contributed by atoms with van der Waals surface area (Å²) in [6.45, 7) is 1.20. The first-order chi connectivity index (χ1) is 7.58. The second kappa shape index (κ2) is 3.77. The third-order valence-electron chi connectivity index (χ3n) is 2.04. The monoisotopic (exact) mass is 221 g/mol. The number of carbonyl (C=O) groups is 1. The van der Waals surface area contributed by atoms with E-state index in [0.29, 0.717) is 0 Å². The minimum Gasteiger partial charge on any atom is -0.410 e. The zero-order chi connectivity index (χ0) is 11.7. The van der Waals surface area contributed by atoms with Gasteiger partial charge < -0.3 is 9.72 Å². The van der Waals surface area contributed by atoms with E-state index in [1.165, 1.54) is 25.1 Å². The van der Waals surface area contributed by atoms with Crippen LogP contribution >= 0.6 is 0 Å². The van der Waals surface area contributed by atoms with Gasteiger partial charge in [-0.15, -0.1) is 0 Å². The van der Waals surface area contributed by atoms with Gasteiger partial charge in [-0.25, -0.2) is 4.39 Å². The van der Waals surface area contributed by atoms with Gasteiger partial charge in [-0.05, 0) is 12.1 Å². The molecule has 4 nitrogen and oxygen atoms in total. The van der Waals surface area contributed by atoms with Gasteiger partial charge in [0.15, 0.2) is 5.43 Å². The molecule has 1 N–H and O–H groups in total. The Balaban J connectivity index is 2.70. The van der Waals surface area contributed by atoms with Crippen LogP contribution in [0.5, 0.6) is 5.88 Å². The summed E-state index contributed by atoms with van der Waals surface area (Å²) in [5.41, 5.74) is -0.365. The SMILES string of the molecule is CC(=O)Oc1cc(=O)c2cccc(F)c2[nH]1. The number of hydrogen-bond donors (Lipinski definition) is 1. The van der Waals surface area contributed by atoms with Gasteiger partial charge in [0.05, 0.1) is 5.52 Å². The molecule has 0 radical (unpaired) electrons. The summed E-state index contributed by atoms with van der Waals surface area (Å²) in [5.74, 6) is -1.20. The average molecular weight is 221 g/mol. The fourth-order valence-electron chi connectivity index (χ4n) is 1.42. The van der Waals surface area contributed by atoms with Gasteiger partial charge in [-0.1, -0.05) is 6.07 Å². The van der Waals surface area contributed by atoms with Gasteiger partial charge in [-0.3, -0.25) is 9.59 Å². The van der Waals surface area contributed by atoms with E-state index in [1.807, 2.05) is 0 Å². The summed E-state index contributed by atoms with van der Waals surface area (Å²) < 4.78 is 18.1. The summed E-state index contributed by atoms with van der Waals surface area (Å²) in [5, 5.41) is 0.218. The van der Waals surface area contributed by atoms with Crippen molar-refractivity contribution in [2.75, 3.05) is 0 Å². The van der Waals surface area contributed by atoms with Gasteiger partial charge in [0.25, 0.3) is 0 Å². The number of fused-ring (bicyclic) bond motifs is 1. The highest BCUT2D eigenvalue weighted by molar-refractivity contribution is 5.80. The highest BCUT2D eigenvalue weighted by Gasteiger charge is 2.07. The number of rotatable bonds is 1. The lowest BCUT2D eigenvalue weighted by atomic mass is 10.2. The zero-order valence-electron chi connectivity index (χ0n) is 8.41. The number of benzene rings is 1. The number of aromatic nitrogens is 1. The lowest BCUT2D eigenvalue weighted by molar-refractivity contribution is -0.132. The van der Waals surface area contributed by atoms with Gasteiger partial charge in [-0.2, -0.15) is 0 Å². The number of pyridine rings is 1. The van der Waals surface area contributed by atoms with Crippen LogP contribution in [0, 0.1) is 5.82 Å². The van der Waals surface area contributed by atoms with Crippen LogP contribution in [-0.4, -0.2) is 11.0 Å². The number of para-hydroxylation sites is 1. The second-order valence-corrected chi connectivity index (χ2v) is 3.25. The zero-order valence-corrected chi connectivity index (χ0v) is 8.41. The van der Waals surface area contributed by atoms with E-state index in [9.17, 15) is 14.0 Å². The lowest BCUT2D eigenvalue weighted by Crippen LogP contribution is -2.09. The summed E-state index contributed by atoms with van der Waals surface area (Å²) in [7, 11) is 0. The predicted octanol–water partition coefficient (Wildman–Crippen LogP) is 1.59. The molecule has 0 atom stereocenters. The van der Waals surface area contributed by atoms with E-state index in [1.54, 1.807) is 0 Å². The van der Waals surface area contributed by atoms with Crippen molar-refractivity contribution in [3.05, 3.63) is 40.3 Å². The van der Waals surface area contributed by atoms with Crippen LogP contribution in [0.3, 0.4) is 0 Å². The van der Waals surface area contributed by atoms with Crippen molar-refractivity contribution in [3.63, 3.8) is 0 Å². The molecule has 0 bridgehead atoms. The van der Waals surface area contributed by atoms with Crippen molar-refractivity contribution in [1.82, 2.24) is 4.98 Å². The highest BCUT2D eigenvalue weighted by atomic mass is 19.1. The molecule has 1 aromatic carbocycles. The Morgan fingerprint density at radius 1 is 1.44 bits per heavy atom. The molecule has 0 spiro atoms. The van der Waals surface area contributed by atoms with E-state index >= 15 is 0 Å². The molecule has 0 aliphatic rings. The Morgan fingerprint density at radius 3 is 2.88 bits per heavy atom. The number of esters is 1. The van der Waals surface area contributed by atoms with Crippen LogP contribution in [0.2, 0.25) is 0 Å². The first-order valence-electron chi connectivity index (χ1n) is 4.58. The van der Waals surface area contributed by atoms with Crippen molar-refractivity contribution in [2.45, 2.75) is 6.92 Å². The van der Waals surface area contributed by atoms with Gasteiger partial charge in [0, 0.05) is 18.4 Å². The van der Waals surface area contributed by atoms with Crippen molar-refractivity contribution in [2.24, 2.45) is 0 Å². The molecule has 1 aromatic heterocycles. The molecule has 0 saturated carbocycles. The lowest BCUT2D eigenvalue weighted by Gasteiger charge is -2.03. The van der Waals surface area contributed by atoms with Crippen LogP contribution in [0.4, 0.5) is 4.39 Å². The average Bonchev–Trinajstić information content (AvgIpc) is 2.19. The fraction of sp³-hybridized carbons (Fsp3) is 0.0909. The number of ether oxygens (including phenoxy) is 1. The normalized spacial score (nSPS) is 10.4. The second-order valence-electron chi connectivity index (χ2n) is 3.25. The third-order valence-corrected chi connectivity index (χ3v) is 2.04. The quantitative estimate of drug-likeness (QED) is 0.744. The number of nitrogens with one attached hydrogen (secondary N) is 1. The Hall–Kier alpha value is -2.17. The van der Waals surface area contributed by atoms with Crippen LogP contribution < -0.4 is 10.2 Å². The molecular weight excluding hydrogens is 213 g/mol. The van der Waals surface area contributed by atoms with Crippen molar-refractivity contribution in [3.8, 4) is 5.88 Å². The Bertz CT molecular complexity index is 618. The molecule has 0 aliphatic heterocycles. The Labute approximate surface area is 89.7 Å². The Kier molecular flexibility index (Phi) is 2.44. The molecule has 16 heavy (non-hydrogen) atoms. The smallest absolute Gasteiger partial charge is 0.309 e. The maximum atomic E-state index is 13.4. The predicted molar refractivity (Wildman–Crippen MR) is 55.8 cm³/mol. The number of aromatic amines is 1. The highest BCUT2D eigenvalue weighted by Crippen LogP contribution is 2.15. The maximum absolute atomic E-state index is 13.4. The molecule has 82 valence electrons. The van der Waals surface area contributed by atoms with Crippen molar-refractivity contribution in [1.29, 1.82) is 0 Å². The summed E-state index contributed by atoms with van der Waals surface area (Å²) in [6.07, 6.45) is 0. The van der Waals surface area contributed by atoms with E-state index in [-0.39, 0.29) is 16.8 Å². The fourth-order valence-corrected chi connectivity index (χ4v) is 1.42. The number of H-pyrrole nitrogens is 1. The molecule has 5 heteroatoms. The summed E-state index contributed by atoms with van der Waals surface area (Å²) in [6, 6.07) is 5.27. The van der Waals surface area contributed by atoms with Gasteiger partial charge in [0.2, 0.25) is 5.88 Å². The maximum Gasteiger partial charge on any atom is 0.309 e. The minimum atomic E-state index is -0.577. The van der Waals surface area contributed by atoms with E-state index in [0.717, 1.165) is 6.07 Å². The molecular formula is C11H8FNO3. The largest absolute Gasteiger partial charge is 0.410 e. The van der Waals surface area contributed by atoms with E-state index in [4.69, 9.17) is 4.74 Å². The standard InChI is InChI=1S/C11H8FNO3/c1-6(14)16-10-5-9(15)7-3-2-4-8(12)11(7)13-10/h2-5H,1H3,(H,13,15). The summed E-state index contributed by atoms with van der Waals surface area (Å²) in [4.78, 5) is 24.8. The van der Waals surface area contributed by atoms with Crippen molar-refractivity contribution >= 4 is 16.9 Å².